The molecule has 45 heavy (non-hydrogen) atoms. The molecule has 232 valence electrons. The standard InChI is InChI=1S/C36H33F2NO6/c1-2-20-43-34(41)23-44-29-16-17-30(33(21-29)45-22-24-6-4-3-5-7-24)35-31(18-19-32(40)25-8-10-26(37)11-9-25)36(42)39(35)28-14-12-27(38)13-15-28/h2-17,21,31-32,35,40H,1,18-20,22-23H2/t31-,32+,35-/m1/s1. The summed E-state index contributed by atoms with van der Waals surface area (Å²) in [5.74, 6) is -1.31. The van der Waals surface area contributed by atoms with Crippen molar-refractivity contribution in [2.75, 3.05) is 18.1 Å². The highest BCUT2D eigenvalue weighted by molar-refractivity contribution is 6.03. The SMILES string of the molecule is C=CCOC(=O)COc1ccc([C@@H]2[C@@H](CC[C@H](O)c3ccc(F)cc3)C(=O)N2c2ccc(F)cc2)c(OCc2ccccc2)c1. The number of rotatable bonds is 14. The van der Waals surface area contributed by atoms with Crippen LogP contribution in [0.5, 0.6) is 11.5 Å². The number of hydrogen-bond acceptors (Lipinski definition) is 6. The van der Waals surface area contributed by atoms with Crippen molar-refractivity contribution in [2.24, 2.45) is 5.92 Å². The Labute approximate surface area is 260 Å². The summed E-state index contributed by atoms with van der Waals surface area (Å²) in [5.41, 5.74) is 2.66. The van der Waals surface area contributed by atoms with Crippen molar-refractivity contribution in [3.63, 3.8) is 0 Å². The van der Waals surface area contributed by atoms with E-state index in [9.17, 15) is 23.5 Å². The van der Waals surface area contributed by atoms with Gasteiger partial charge in [0.05, 0.1) is 18.1 Å². The van der Waals surface area contributed by atoms with Crippen LogP contribution in [0.2, 0.25) is 0 Å². The first kappa shape index (κ1) is 31.4. The van der Waals surface area contributed by atoms with E-state index in [0.717, 1.165) is 5.56 Å². The van der Waals surface area contributed by atoms with Crippen LogP contribution >= 0.6 is 0 Å². The number of anilines is 1. The van der Waals surface area contributed by atoms with E-state index in [4.69, 9.17) is 14.2 Å². The highest BCUT2D eigenvalue weighted by Gasteiger charge is 2.49. The van der Waals surface area contributed by atoms with Gasteiger partial charge in [0, 0.05) is 17.3 Å². The van der Waals surface area contributed by atoms with Crippen molar-refractivity contribution in [3.05, 3.63) is 138 Å². The number of benzene rings is 4. The van der Waals surface area contributed by atoms with Crippen LogP contribution < -0.4 is 14.4 Å². The highest BCUT2D eigenvalue weighted by atomic mass is 19.1. The first-order chi connectivity index (χ1) is 21.8. The smallest absolute Gasteiger partial charge is 0.344 e. The minimum absolute atomic E-state index is 0.0682. The summed E-state index contributed by atoms with van der Waals surface area (Å²) < 4.78 is 44.2. The van der Waals surface area contributed by atoms with E-state index >= 15 is 0 Å². The van der Waals surface area contributed by atoms with Crippen molar-refractivity contribution >= 4 is 17.6 Å². The zero-order chi connectivity index (χ0) is 31.8. The average molecular weight is 614 g/mol. The van der Waals surface area contributed by atoms with Gasteiger partial charge in [-0.25, -0.2) is 13.6 Å². The predicted octanol–water partition coefficient (Wildman–Crippen LogP) is 6.87. The number of ether oxygens (including phenoxy) is 3. The molecule has 0 spiro atoms. The molecule has 4 aromatic carbocycles. The van der Waals surface area contributed by atoms with Crippen LogP contribution in [0.4, 0.5) is 14.5 Å². The minimum Gasteiger partial charge on any atom is -0.488 e. The van der Waals surface area contributed by atoms with E-state index in [0.29, 0.717) is 34.7 Å². The summed E-state index contributed by atoms with van der Waals surface area (Å²) >= 11 is 0. The molecular formula is C36H33F2NO6. The van der Waals surface area contributed by atoms with E-state index in [2.05, 4.69) is 6.58 Å². The first-order valence-corrected chi connectivity index (χ1v) is 14.6. The van der Waals surface area contributed by atoms with Crippen LogP contribution in [-0.4, -0.2) is 30.2 Å². The van der Waals surface area contributed by atoms with Gasteiger partial charge in [0.25, 0.3) is 0 Å². The van der Waals surface area contributed by atoms with Crippen molar-refractivity contribution in [1.29, 1.82) is 0 Å². The Kier molecular flexibility index (Phi) is 10.2. The summed E-state index contributed by atoms with van der Waals surface area (Å²) in [7, 11) is 0. The maximum atomic E-state index is 13.8. The quantitative estimate of drug-likeness (QED) is 0.0950. The molecule has 4 aromatic rings. The van der Waals surface area contributed by atoms with Gasteiger partial charge in [-0.3, -0.25) is 4.79 Å². The lowest BCUT2D eigenvalue weighted by Crippen LogP contribution is -2.55. The zero-order valence-corrected chi connectivity index (χ0v) is 24.5. The van der Waals surface area contributed by atoms with Gasteiger partial charge in [-0.2, -0.15) is 0 Å². The van der Waals surface area contributed by atoms with Crippen molar-refractivity contribution in [1.82, 2.24) is 0 Å². The van der Waals surface area contributed by atoms with E-state index in [1.54, 1.807) is 35.2 Å². The fourth-order valence-electron chi connectivity index (χ4n) is 5.31. The highest BCUT2D eigenvalue weighted by Crippen LogP contribution is 2.49. The molecule has 0 unspecified atom stereocenters. The summed E-state index contributed by atoms with van der Waals surface area (Å²) in [4.78, 5) is 27.2. The number of nitrogens with zero attached hydrogens (tertiary/aromatic N) is 1. The molecular weight excluding hydrogens is 580 g/mol. The summed E-state index contributed by atoms with van der Waals surface area (Å²) in [5, 5.41) is 10.8. The molecule has 1 amide bonds. The maximum absolute atomic E-state index is 13.8. The number of aliphatic hydroxyl groups excluding tert-OH is 1. The number of halogens is 2. The van der Waals surface area contributed by atoms with Crippen LogP contribution in [0, 0.1) is 17.6 Å². The van der Waals surface area contributed by atoms with Crippen LogP contribution in [0.25, 0.3) is 0 Å². The van der Waals surface area contributed by atoms with Crippen LogP contribution in [-0.2, 0) is 20.9 Å². The molecule has 1 fully saturated rings. The van der Waals surface area contributed by atoms with E-state index in [-0.39, 0.29) is 32.1 Å². The zero-order valence-electron chi connectivity index (χ0n) is 24.5. The molecule has 0 bridgehead atoms. The second-order valence-electron chi connectivity index (χ2n) is 10.6. The third-order valence-electron chi connectivity index (χ3n) is 7.58. The second-order valence-corrected chi connectivity index (χ2v) is 10.6. The van der Waals surface area contributed by atoms with Gasteiger partial charge < -0.3 is 24.2 Å². The lowest BCUT2D eigenvalue weighted by Gasteiger charge is -2.48. The number of esters is 1. The molecule has 0 aromatic heterocycles. The summed E-state index contributed by atoms with van der Waals surface area (Å²) in [6.45, 7) is 3.50. The van der Waals surface area contributed by atoms with Crippen LogP contribution in [0.15, 0.2) is 110 Å². The van der Waals surface area contributed by atoms with Crippen molar-refractivity contribution in [3.8, 4) is 11.5 Å². The minimum atomic E-state index is -0.899. The Hall–Kier alpha value is -5.02. The van der Waals surface area contributed by atoms with Gasteiger partial charge in [0.1, 0.15) is 36.3 Å². The number of amides is 1. The fourth-order valence-corrected chi connectivity index (χ4v) is 5.31. The summed E-state index contributed by atoms with van der Waals surface area (Å²) in [6.07, 6.45) is 1.14. The first-order valence-electron chi connectivity index (χ1n) is 14.6. The third kappa shape index (κ3) is 7.74. The van der Waals surface area contributed by atoms with Gasteiger partial charge >= 0.3 is 5.97 Å². The third-order valence-corrected chi connectivity index (χ3v) is 7.58. The fraction of sp³-hybridized carbons (Fsp3) is 0.222. The molecule has 3 atom stereocenters. The lowest BCUT2D eigenvalue weighted by molar-refractivity contribution is -0.144. The molecule has 0 saturated carbocycles. The van der Waals surface area contributed by atoms with E-state index in [1.807, 2.05) is 30.3 Å². The van der Waals surface area contributed by atoms with Crippen LogP contribution in [0.3, 0.4) is 0 Å². The largest absolute Gasteiger partial charge is 0.488 e. The molecule has 1 heterocycles. The Morgan fingerprint density at radius 1 is 0.933 bits per heavy atom. The molecule has 9 heteroatoms. The Balaban J connectivity index is 1.44. The average Bonchev–Trinajstić information content (AvgIpc) is 3.06. The second kappa shape index (κ2) is 14.6. The molecule has 5 rings (SSSR count). The van der Waals surface area contributed by atoms with Gasteiger partial charge in [-0.05, 0) is 72.5 Å². The number of aliphatic hydroxyl groups is 1. The molecule has 1 saturated heterocycles. The van der Waals surface area contributed by atoms with E-state index < -0.39 is 35.7 Å². The summed E-state index contributed by atoms with van der Waals surface area (Å²) in [6, 6.07) is 25.4. The normalized spacial score (nSPS) is 16.4. The number of β-lactam (4-membered cyclic amide) rings is 1. The monoisotopic (exact) mass is 613 g/mol. The molecule has 1 aliphatic heterocycles. The Morgan fingerprint density at radius 2 is 1.62 bits per heavy atom. The van der Waals surface area contributed by atoms with Crippen molar-refractivity contribution < 1.29 is 37.7 Å². The lowest BCUT2D eigenvalue weighted by atomic mass is 9.78. The van der Waals surface area contributed by atoms with E-state index in [1.165, 1.54) is 42.5 Å². The Morgan fingerprint density at radius 3 is 2.31 bits per heavy atom. The Bertz CT molecular complexity index is 1610. The molecule has 1 aliphatic rings. The molecule has 0 aliphatic carbocycles. The number of carbonyl (C=O) groups is 2. The van der Waals surface area contributed by atoms with Gasteiger partial charge in [-0.1, -0.05) is 55.1 Å². The number of carbonyl (C=O) groups excluding carboxylic acids is 2. The molecule has 1 N–H and O–H groups in total. The van der Waals surface area contributed by atoms with Gasteiger partial charge in [0.15, 0.2) is 6.61 Å². The van der Waals surface area contributed by atoms with Gasteiger partial charge in [0.2, 0.25) is 5.91 Å². The number of hydrogen-bond donors (Lipinski definition) is 1. The van der Waals surface area contributed by atoms with Gasteiger partial charge in [-0.15, -0.1) is 0 Å². The predicted molar refractivity (Wildman–Crippen MR) is 165 cm³/mol. The topological polar surface area (TPSA) is 85.3 Å². The van der Waals surface area contributed by atoms with Crippen molar-refractivity contribution in [2.45, 2.75) is 31.6 Å². The molecule has 7 nitrogen and oxygen atoms in total. The van der Waals surface area contributed by atoms with Crippen LogP contribution in [0.1, 0.15) is 41.7 Å². The maximum Gasteiger partial charge on any atom is 0.344 e. The molecule has 0 radical (unpaired) electrons.